The van der Waals surface area contributed by atoms with Gasteiger partial charge in [0, 0.05) is 32.0 Å². The second-order valence-corrected chi connectivity index (χ2v) is 9.02. The summed E-state index contributed by atoms with van der Waals surface area (Å²) in [7, 11) is 1.74. The molecule has 1 aromatic heterocycles. The minimum atomic E-state index is 0. The number of hydrogen-bond acceptors (Lipinski definition) is 4. The Labute approximate surface area is 215 Å². The van der Waals surface area contributed by atoms with E-state index in [9.17, 15) is 0 Å². The van der Waals surface area contributed by atoms with Gasteiger partial charge in [0.1, 0.15) is 5.75 Å². The van der Waals surface area contributed by atoms with Crippen LogP contribution in [0.1, 0.15) is 50.8 Å². The Hall–Kier alpha value is -1.81. The van der Waals surface area contributed by atoms with E-state index in [1.165, 1.54) is 18.4 Å². The van der Waals surface area contributed by atoms with Gasteiger partial charge in [-0.2, -0.15) is 0 Å². The average molecular weight is 567 g/mol. The number of aliphatic imine (C=N–C) groups is 1. The summed E-state index contributed by atoms with van der Waals surface area (Å²) in [5.41, 5.74) is 1.29. The maximum atomic E-state index is 5.50. The van der Waals surface area contributed by atoms with Gasteiger partial charge in [0.25, 0.3) is 0 Å². The Balaban J connectivity index is 0.00000306. The van der Waals surface area contributed by atoms with E-state index in [1.807, 2.05) is 18.6 Å². The predicted octanol–water partition coefficient (Wildman–Crippen LogP) is 4.20. The molecular formula is C25H39IN6O. The Bertz CT molecular complexity index is 868. The molecule has 4 rings (SSSR count). The molecule has 0 bridgehead atoms. The first-order chi connectivity index (χ1) is 15.7. The highest BCUT2D eigenvalue weighted by Crippen LogP contribution is 2.29. The summed E-state index contributed by atoms with van der Waals surface area (Å²) in [6.45, 7) is 10.4. The van der Waals surface area contributed by atoms with E-state index in [0.29, 0.717) is 12.0 Å². The molecule has 1 aromatic carbocycles. The third-order valence-electron chi connectivity index (χ3n) is 6.93. The molecule has 3 unspecified atom stereocenters. The summed E-state index contributed by atoms with van der Waals surface area (Å²) in [6.07, 6.45) is 9.59. The zero-order valence-corrected chi connectivity index (χ0v) is 22.5. The summed E-state index contributed by atoms with van der Waals surface area (Å²) in [6, 6.07) is 9.18. The van der Waals surface area contributed by atoms with Gasteiger partial charge in [-0.3, -0.25) is 9.89 Å². The van der Waals surface area contributed by atoms with E-state index in [-0.39, 0.29) is 30.0 Å². The molecule has 2 aliphatic rings. The SMILES string of the molecule is CCNC(=NCC(c1cccc(OC)c1)N1CCCC1)N1CCC(C)C(n2ccnc2)C1.I. The highest BCUT2D eigenvalue weighted by atomic mass is 127. The smallest absolute Gasteiger partial charge is 0.194 e. The number of imidazole rings is 1. The van der Waals surface area contributed by atoms with E-state index >= 15 is 0 Å². The number of piperidine rings is 1. The van der Waals surface area contributed by atoms with Crippen LogP contribution in [0.2, 0.25) is 0 Å². The fraction of sp³-hybridized carbons (Fsp3) is 0.600. The number of halogens is 1. The molecule has 3 atom stereocenters. The lowest BCUT2D eigenvalue weighted by molar-refractivity contribution is 0.188. The van der Waals surface area contributed by atoms with Crippen molar-refractivity contribution in [2.24, 2.45) is 10.9 Å². The van der Waals surface area contributed by atoms with Crippen LogP contribution in [0.15, 0.2) is 48.0 Å². The van der Waals surface area contributed by atoms with Crippen molar-refractivity contribution in [2.75, 3.05) is 46.4 Å². The van der Waals surface area contributed by atoms with Gasteiger partial charge in [0.05, 0.1) is 32.1 Å². The lowest BCUT2D eigenvalue weighted by Gasteiger charge is -2.39. The highest BCUT2D eigenvalue weighted by Gasteiger charge is 2.30. The molecule has 0 amide bonds. The summed E-state index contributed by atoms with van der Waals surface area (Å²) in [4.78, 5) is 14.5. The second kappa shape index (κ2) is 12.6. The number of ether oxygens (including phenoxy) is 1. The first-order valence-electron chi connectivity index (χ1n) is 12.1. The monoisotopic (exact) mass is 566 g/mol. The van der Waals surface area contributed by atoms with Crippen molar-refractivity contribution < 1.29 is 4.74 Å². The molecule has 3 heterocycles. The Kier molecular flexibility index (Phi) is 9.85. The largest absolute Gasteiger partial charge is 0.497 e. The van der Waals surface area contributed by atoms with Gasteiger partial charge in [-0.25, -0.2) is 4.98 Å². The molecule has 2 fully saturated rings. The van der Waals surface area contributed by atoms with E-state index in [0.717, 1.165) is 57.4 Å². The van der Waals surface area contributed by atoms with Gasteiger partial charge in [0.15, 0.2) is 5.96 Å². The molecule has 0 aliphatic carbocycles. The zero-order valence-electron chi connectivity index (χ0n) is 20.2. The second-order valence-electron chi connectivity index (χ2n) is 9.02. The van der Waals surface area contributed by atoms with Crippen molar-refractivity contribution in [3.8, 4) is 5.75 Å². The quantitative estimate of drug-likeness (QED) is 0.310. The molecule has 33 heavy (non-hydrogen) atoms. The van der Waals surface area contributed by atoms with Gasteiger partial charge in [-0.15, -0.1) is 24.0 Å². The van der Waals surface area contributed by atoms with Crippen LogP contribution >= 0.6 is 24.0 Å². The number of likely N-dealkylation sites (tertiary alicyclic amines) is 2. The first kappa shape index (κ1) is 25.8. The van der Waals surface area contributed by atoms with Crippen molar-refractivity contribution in [3.63, 3.8) is 0 Å². The van der Waals surface area contributed by atoms with E-state index < -0.39 is 0 Å². The Morgan fingerprint density at radius 3 is 2.79 bits per heavy atom. The van der Waals surface area contributed by atoms with Crippen LogP contribution in [-0.4, -0.2) is 71.7 Å². The van der Waals surface area contributed by atoms with Crippen LogP contribution in [-0.2, 0) is 0 Å². The van der Waals surface area contributed by atoms with Crippen LogP contribution in [0.3, 0.4) is 0 Å². The third kappa shape index (κ3) is 6.41. The molecule has 8 heteroatoms. The van der Waals surface area contributed by atoms with Crippen molar-refractivity contribution >= 4 is 29.9 Å². The van der Waals surface area contributed by atoms with Gasteiger partial charge < -0.3 is 19.5 Å². The number of benzene rings is 1. The van der Waals surface area contributed by atoms with Crippen molar-refractivity contribution in [1.82, 2.24) is 24.7 Å². The van der Waals surface area contributed by atoms with Crippen LogP contribution < -0.4 is 10.1 Å². The lowest BCUT2D eigenvalue weighted by atomic mass is 9.93. The summed E-state index contributed by atoms with van der Waals surface area (Å²) < 4.78 is 7.76. The molecule has 0 spiro atoms. The standard InChI is InChI=1S/C25H38N6O.HI/c1-4-27-25(30-14-10-20(2)24(18-30)31-15-11-26-19-31)28-17-23(29-12-5-6-13-29)21-8-7-9-22(16-21)32-3;/h7-9,11,15-16,19-20,23-24H,4-6,10,12-14,17-18H2,1-3H3,(H,27,28);1H. The summed E-state index contributed by atoms with van der Waals surface area (Å²) >= 11 is 0. The van der Waals surface area contributed by atoms with E-state index in [1.54, 1.807) is 7.11 Å². The molecule has 182 valence electrons. The topological polar surface area (TPSA) is 57.9 Å². The highest BCUT2D eigenvalue weighted by molar-refractivity contribution is 14.0. The number of nitrogens with one attached hydrogen (secondary N) is 1. The third-order valence-corrected chi connectivity index (χ3v) is 6.93. The number of nitrogens with zero attached hydrogens (tertiary/aromatic N) is 5. The van der Waals surface area contributed by atoms with Crippen LogP contribution in [0, 0.1) is 5.92 Å². The van der Waals surface area contributed by atoms with Crippen molar-refractivity contribution in [2.45, 2.75) is 45.2 Å². The van der Waals surface area contributed by atoms with Gasteiger partial charge >= 0.3 is 0 Å². The fourth-order valence-electron chi connectivity index (χ4n) is 5.03. The Morgan fingerprint density at radius 1 is 1.27 bits per heavy atom. The molecule has 0 radical (unpaired) electrons. The van der Waals surface area contributed by atoms with Crippen molar-refractivity contribution in [3.05, 3.63) is 48.5 Å². The Morgan fingerprint density at radius 2 is 2.09 bits per heavy atom. The minimum Gasteiger partial charge on any atom is -0.497 e. The molecule has 0 saturated carbocycles. The normalized spacial score (nSPS) is 22.6. The summed E-state index contributed by atoms with van der Waals surface area (Å²) in [5.74, 6) is 2.56. The van der Waals surface area contributed by atoms with E-state index in [2.05, 4.69) is 62.9 Å². The van der Waals surface area contributed by atoms with Crippen LogP contribution in [0.5, 0.6) is 5.75 Å². The van der Waals surface area contributed by atoms with Crippen LogP contribution in [0.4, 0.5) is 0 Å². The van der Waals surface area contributed by atoms with Gasteiger partial charge in [-0.05, 0) is 62.9 Å². The first-order valence-corrected chi connectivity index (χ1v) is 12.1. The minimum absolute atomic E-state index is 0. The predicted molar refractivity (Wildman–Crippen MR) is 145 cm³/mol. The van der Waals surface area contributed by atoms with Gasteiger partial charge in [0.2, 0.25) is 0 Å². The molecular weight excluding hydrogens is 527 g/mol. The molecule has 1 N–H and O–H groups in total. The maximum absolute atomic E-state index is 5.50. The maximum Gasteiger partial charge on any atom is 0.194 e. The zero-order chi connectivity index (χ0) is 22.3. The van der Waals surface area contributed by atoms with Crippen molar-refractivity contribution in [1.29, 1.82) is 0 Å². The molecule has 2 saturated heterocycles. The fourth-order valence-corrected chi connectivity index (χ4v) is 5.03. The number of methoxy groups -OCH3 is 1. The lowest BCUT2D eigenvalue weighted by Crippen LogP contribution is -2.49. The van der Waals surface area contributed by atoms with E-state index in [4.69, 9.17) is 9.73 Å². The molecule has 7 nitrogen and oxygen atoms in total. The number of rotatable bonds is 7. The van der Waals surface area contributed by atoms with Gasteiger partial charge in [-0.1, -0.05) is 19.1 Å². The van der Waals surface area contributed by atoms with Crippen LogP contribution in [0.25, 0.3) is 0 Å². The number of hydrogen-bond donors (Lipinski definition) is 1. The number of aromatic nitrogens is 2. The average Bonchev–Trinajstić information content (AvgIpc) is 3.54. The number of guanidine groups is 1. The molecule has 2 aliphatic heterocycles. The summed E-state index contributed by atoms with van der Waals surface area (Å²) in [5, 5.41) is 3.56. The molecule has 2 aromatic rings.